The third-order valence-corrected chi connectivity index (χ3v) is 4.55. The number of hydrogen-bond donors (Lipinski definition) is 0. The fourth-order valence-corrected chi connectivity index (χ4v) is 3.74. The van der Waals surface area contributed by atoms with Crippen molar-refractivity contribution in [2.45, 2.75) is 6.92 Å². The fourth-order valence-electron chi connectivity index (χ4n) is 2.71. The standard InChI is InChI=1S/C17H13NS/c1-12-11-16-17(19-12)14-9-5-6-10-15(14)18(16)13-7-3-2-4-8-13/h2-11H,1H3. The van der Waals surface area contributed by atoms with Crippen LogP contribution in [0.3, 0.4) is 0 Å². The number of fused-ring (bicyclic) bond motifs is 3. The molecule has 0 saturated heterocycles. The molecule has 2 aromatic heterocycles. The lowest BCUT2D eigenvalue weighted by Crippen LogP contribution is -1.91. The first-order valence-corrected chi connectivity index (χ1v) is 7.21. The SMILES string of the molecule is Cc1cc2c(s1)c1ccccc1n2-c1ccccc1. The minimum absolute atomic E-state index is 1.23. The van der Waals surface area contributed by atoms with Crippen LogP contribution >= 0.6 is 11.3 Å². The number of benzene rings is 2. The van der Waals surface area contributed by atoms with Gasteiger partial charge in [-0.3, -0.25) is 0 Å². The average molecular weight is 263 g/mol. The Morgan fingerprint density at radius 2 is 1.58 bits per heavy atom. The maximum Gasteiger partial charge on any atom is 0.0651 e. The normalized spacial score (nSPS) is 11.4. The molecule has 0 aliphatic heterocycles. The van der Waals surface area contributed by atoms with Crippen LogP contribution in [-0.4, -0.2) is 4.57 Å². The molecule has 0 atom stereocenters. The maximum atomic E-state index is 2.36. The van der Waals surface area contributed by atoms with Gasteiger partial charge in [-0.05, 0) is 31.2 Å². The third kappa shape index (κ3) is 1.53. The number of rotatable bonds is 1. The van der Waals surface area contributed by atoms with Gasteiger partial charge in [0.05, 0.1) is 15.7 Å². The van der Waals surface area contributed by atoms with Crippen molar-refractivity contribution in [3.63, 3.8) is 0 Å². The maximum absolute atomic E-state index is 2.36. The summed E-state index contributed by atoms with van der Waals surface area (Å²) in [6.07, 6.45) is 0. The molecule has 0 bridgehead atoms. The van der Waals surface area contributed by atoms with Crippen LogP contribution in [-0.2, 0) is 0 Å². The Kier molecular flexibility index (Phi) is 2.26. The first-order chi connectivity index (χ1) is 9.34. The summed E-state index contributed by atoms with van der Waals surface area (Å²) in [5, 5.41) is 1.35. The second-order valence-corrected chi connectivity index (χ2v) is 6.02. The lowest BCUT2D eigenvalue weighted by Gasteiger charge is -2.06. The average Bonchev–Trinajstić information content (AvgIpc) is 2.95. The second kappa shape index (κ2) is 3.97. The van der Waals surface area contributed by atoms with Gasteiger partial charge in [-0.15, -0.1) is 11.3 Å². The van der Waals surface area contributed by atoms with E-state index >= 15 is 0 Å². The minimum atomic E-state index is 1.23. The Labute approximate surface area is 115 Å². The van der Waals surface area contributed by atoms with E-state index in [1.165, 1.54) is 31.7 Å². The zero-order valence-electron chi connectivity index (χ0n) is 10.6. The summed E-state index contributed by atoms with van der Waals surface area (Å²) < 4.78 is 3.74. The van der Waals surface area contributed by atoms with E-state index in [0.29, 0.717) is 0 Å². The van der Waals surface area contributed by atoms with Crippen molar-refractivity contribution < 1.29 is 0 Å². The number of aromatic nitrogens is 1. The number of para-hydroxylation sites is 2. The van der Waals surface area contributed by atoms with E-state index in [9.17, 15) is 0 Å². The van der Waals surface area contributed by atoms with Crippen LogP contribution in [0.4, 0.5) is 0 Å². The third-order valence-electron chi connectivity index (χ3n) is 3.48. The van der Waals surface area contributed by atoms with Crippen molar-refractivity contribution in [3.05, 3.63) is 65.5 Å². The summed E-state index contributed by atoms with van der Waals surface area (Å²) in [5.74, 6) is 0. The Morgan fingerprint density at radius 1 is 0.842 bits per heavy atom. The van der Waals surface area contributed by atoms with E-state index in [1.54, 1.807) is 0 Å². The molecule has 2 heteroatoms. The first-order valence-electron chi connectivity index (χ1n) is 6.39. The summed E-state index contributed by atoms with van der Waals surface area (Å²) in [6.45, 7) is 2.18. The van der Waals surface area contributed by atoms with Crippen LogP contribution in [0, 0.1) is 6.92 Å². The summed E-state index contributed by atoms with van der Waals surface area (Å²) in [6, 6.07) is 21.5. The predicted molar refractivity (Wildman–Crippen MR) is 83.4 cm³/mol. The fraction of sp³-hybridized carbons (Fsp3) is 0.0588. The highest BCUT2D eigenvalue weighted by molar-refractivity contribution is 7.20. The van der Waals surface area contributed by atoms with Crippen LogP contribution in [0.5, 0.6) is 0 Å². The number of thiophene rings is 1. The number of aryl methyl sites for hydroxylation is 1. The zero-order chi connectivity index (χ0) is 12.8. The van der Waals surface area contributed by atoms with Gasteiger partial charge in [0.2, 0.25) is 0 Å². The molecular formula is C17H13NS. The molecule has 0 saturated carbocycles. The van der Waals surface area contributed by atoms with Gasteiger partial charge in [-0.2, -0.15) is 0 Å². The molecular weight excluding hydrogens is 250 g/mol. The van der Waals surface area contributed by atoms with Gasteiger partial charge in [0, 0.05) is 16.0 Å². The van der Waals surface area contributed by atoms with Crippen LogP contribution in [0.25, 0.3) is 26.8 Å². The van der Waals surface area contributed by atoms with Gasteiger partial charge in [0.25, 0.3) is 0 Å². The molecule has 0 aliphatic carbocycles. The molecule has 2 aromatic carbocycles. The van der Waals surface area contributed by atoms with Crippen molar-refractivity contribution in [3.8, 4) is 5.69 Å². The molecule has 0 fully saturated rings. The molecule has 0 radical (unpaired) electrons. The molecule has 0 amide bonds. The van der Waals surface area contributed by atoms with Crippen molar-refractivity contribution in [2.24, 2.45) is 0 Å². The van der Waals surface area contributed by atoms with E-state index in [0.717, 1.165) is 0 Å². The summed E-state index contributed by atoms with van der Waals surface area (Å²) in [4.78, 5) is 1.36. The summed E-state index contributed by atoms with van der Waals surface area (Å²) in [5.41, 5.74) is 3.83. The smallest absolute Gasteiger partial charge is 0.0651 e. The van der Waals surface area contributed by atoms with Gasteiger partial charge in [-0.1, -0.05) is 36.4 Å². The molecule has 2 heterocycles. The zero-order valence-corrected chi connectivity index (χ0v) is 11.4. The largest absolute Gasteiger partial charge is 0.308 e. The Morgan fingerprint density at radius 3 is 2.42 bits per heavy atom. The topological polar surface area (TPSA) is 4.93 Å². The van der Waals surface area contributed by atoms with Gasteiger partial charge < -0.3 is 4.57 Å². The molecule has 4 aromatic rings. The van der Waals surface area contributed by atoms with E-state index < -0.39 is 0 Å². The Balaban J connectivity index is 2.22. The molecule has 1 nitrogen and oxygen atoms in total. The molecule has 0 spiro atoms. The molecule has 4 rings (SSSR count). The quantitative estimate of drug-likeness (QED) is 0.447. The molecule has 0 unspecified atom stereocenters. The van der Waals surface area contributed by atoms with Crippen LogP contribution in [0.1, 0.15) is 4.88 Å². The van der Waals surface area contributed by atoms with E-state index in [1.807, 2.05) is 11.3 Å². The monoisotopic (exact) mass is 263 g/mol. The van der Waals surface area contributed by atoms with Crippen LogP contribution in [0.2, 0.25) is 0 Å². The predicted octanol–water partition coefficient (Wildman–Crippen LogP) is 5.15. The van der Waals surface area contributed by atoms with Crippen molar-refractivity contribution in [1.82, 2.24) is 4.57 Å². The Bertz CT molecular complexity index is 868. The van der Waals surface area contributed by atoms with Crippen molar-refractivity contribution >= 4 is 32.5 Å². The minimum Gasteiger partial charge on any atom is -0.308 e. The van der Waals surface area contributed by atoms with Gasteiger partial charge in [-0.25, -0.2) is 0 Å². The molecule has 92 valence electrons. The lowest BCUT2D eigenvalue weighted by molar-refractivity contribution is 1.18. The highest BCUT2D eigenvalue weighted by Gasteiger charge is 2.13. The van der Waals surface area contributed by atoms with E-state index in [4.69, 9.17) is 0 Å². The van der Waals surface area contributed by atoms with Crippen molar-refractivity contribution in [1.29, 1.82) is 0 Å². The highest BCUT2D eigenvalue weighted by Crippen LogP contribution is 2.36. The van der Waals surface area contributed by atoms with Crippen molar-refractivity contribution in [2.75, 3.05) is 0 Å². The molecule has 19 heavy (non-hydrogen) atoms. The van der Waals surface area contributed by atoms with Gasteiger partial charge in [0.15, 0.2) is 0 Å². The highest BCUT2D eigenvalue weighted by atomic mass is 32.1. The number of hydrogen-bond acceptors (Lipinski definition) is 1. The van der Waals surface area contributed by atoms with Crippen LogP contribution < -0.4 is 0 Å². The second-order valence-electron chi connectivity index (χ2n) is 4.76. The molecule has 0 aliphatic rings. The Hall–Kier alpha value is -2.06. The van der Waals surface area contributed by atoms with Gasteiger partial charge in [0.1, 0.15) is 0 Å². The summed E-state index contributed by atoms with van der Waals surface area (Å²) >= 11 is 1.88. The number of nitrogens with zero attached hydrogens (tertiary/aromatic N) is 1. The van der Waals surface area contributed by atoms with E-state index in [2.05, 4.69) is 72.2 Å². The van der Waals surface area contributed by atoms with E-state index in [-0.39, 0.29) is 0 Å². The molecule has 0 N–H and O–H groups in total. The first kappa shape index (κ1) is 10.8. The summed E-state index contributed by atoms with van der Waals surface area (Å²) in [7, 11) is 0. The van der Waals surface area contributed by atoms with Gasteiger partial charge >= 0.3 is 0 Å². The van der Waals surface area contributed by atoms with Crippen LogP contribution in [0.15, 0.2) is 60.7 Å². The lowest BCUT2D eigenvalue weighted by atomic mass is 10.2.